The van der Waals surface area contributed by atoms with Crippen LogP contribution in [-0.4, -0.2) is 15.3 Å². The van der Waals surface area contributed by atoms with Gasteiger partial charge in [-0.3, -0.25) is 0 Å². The van der Waals surface area contributed by atoms with Gasteiger partial charge in [0.1, 0.15) is 5.75 Å². The van der Waals surface area contributed by atoms with Crippen molar-refractivity contribution < 1.29 is 9.52 Å². The lowest BCUT2D eigenvalue weighted by molar-refractivity contribution is 0.468. The number of benzene rings is 1. The van der Waals surface area contributed by atoms with E-state index in [1.54, 1.807) is 18.2 Å². The van der Waals surface area contributed by atoms with Crippen molar-refractivity contribution in [1.29, 1.82) is 0 Å². The molecule has 3 rings (SSSR count). The van der Waals surface area contributed by atoms with Crippen molar-refractivity contribution in [3.8, 4) is 17.2 Å². The second-order valence-electron chi connectivity index (χ2n) is 3.74. The molecule has 1 aliphatic carbocycles. The Kier molecular flexibility index (Phi) is 1.74. The molecule has 76 valence electrons. The van der Waals surface area contributed by atoms with E-state index in [1.165, 1.54) is 0 Å². The highest BCUT2D eigenvalue weighted by molar-refractivity contribution is 5.61. The van der Waals surface area contributed by atoms with Crippen molar-refractivity contribution in [2.24, 2.45) is 0 Å². The van der Waals surface area contributed by atoms with Crippen LogP contribution in [-0.2, 0) is 0 Å². The molecule has 1 fully saturated rings. The summed E-state index contributed by atoms with van der Waals surface area (Å²) in [5.41, 5.74) is 0.594. The van der Waals surface area contributed by atoms with E-state index >= 15 is 0 Å². The number of aromatic nitrogens is 2. The summed E-state index contributed by atoms with van der Waals surface area (Å²) >= 11 is 0. The number of hydrogen-bond acceptors (Lipinski definition) is 4. The van der Waals surface area contributed by atoms with Gasteiger partial charge in [-0.15, -0.1) is 10.2 Å². The number of rotatable bonds is 2. The quantitative estimate of drug-likeness (QED) is 0.811. The van der Waals surface area contributed by atoms with Gasteiger partial charge in [0.15, 0.2) is 0 Å². The first kappa shape index (κ1) is 8.47. The SMILES string of the molecule is Oc1ccccc1-c1nnc(C2CC2)o1. The molecule has 1 N–H and O–H groups in total. The minimum atomic E-state index is 0.170. The van der Waals surface area contributed by atoms with Crippen LogP contribution in [0, 0.1) is 0 Å². The van der Waals surface area contributed by atoms with Gasteiger partial charge in [-0.1, -0.05) is 12.1 Å². The Morgan fingerprint density at radius 2 is 2.00 bits per heavy atom. The summed E-state index contributed by atoms with van der Waals surface area (Å²) in [7, 11) is 0. The Balaban J connectivity index is 2.01. The van der Waals surface area contributed by atoms with E-state index in [9.17, 15) is 5.11 Å². The normalized spacial score (nSPS) is 15.5. The van der Waals surface area contributed by atoms with Gasteiger partial charge >= 0.3 is 0 Å². The molecule has 0 spiro atoms. The van der Waals surface area contributed by atoms with Gasteiger partial charge < -0.3 is 9.52 Å². The van der Waals surface area contributed by atoms with Crippen LogP contribution in [0.1, 0.15) is 24.7 Å². The van der Waals surface area contributed by atoms with Gasteiger partial charge in [-0.2, -0.15) is 0 Å². The molecule has 0 radical (unpaired) electrons. The molecule has 0 amide bonds. The molecule has 4 heteroatoms. The zero-order chi connectivity index (χ0) is 10.3. The molecular weight excluding hydrogens is 192 g/mol. The molecule has 1 heterocycles. The molecule has 0 unspecified atom stereocenters. The van der Waals surface area contributed by atoms with Crippen LogP contribution in [0.3, 0.4) is 0 Å². The highest BCUT2D eigenvalue weighted by Crippen LogP contribution is 2.40. The van der Waals surface area contributed by atoms with Crippen molar-refractivity contribution in [2.45, 2.75) is 18.8 Å². The van der Waals surface area contributed by atoms with Gasteiger partial charge in [0, 0.05) is 5.92 Å². The van der Waals surface area contributed by atoms with Crippen LogP contribution in [0.15, 0.2) is 28.7 Å². The molecule has 0 bridgehead atoms. The summed E-state index contributed by atoms with van der Waals surface area (Å²) in [4.78, 5) is 0. The minimum absolute atomic E-state index is 0.170. The third-order valence-electron chi connectivity index (χ3n) is 2.50. The third-order valence-corrected chi connectivity index (χ3v) is 2.50. The van der Waals surface area contributed by atoms with Crippen LogP contribution in [0.5, 0.6) is 5.75 Å². The smallest absolute Gasteiger partial charge is 0.251 e. The van der Waals surface area contributed by atoms with Crippen LogP contribution >= 0.6 is 0 Å². The molecule has 0 saturated heterocycles. The molecule has 0 aliphatic heterocycles. The van der Waals surface area contributed by atoms with Gasteiger partial charge in [0.2, 0.25) is 5.89 Å². The summed E-state index contributed by atoms with van der Waals surface area (Å²) in [6.07, 6.45) is 2.25. The summed E-state index contributed by atoms with van der Waals surface area (Å²) in [5.74, 6) is 1.70. The summed E-state index contributed by atoms with van der Waals surface area (Å²) < 4.78 is 5.49. The van der Waals surface area contributed by atoms with Crippen LogP contribution in [0.25, 0.3) is 11.5 Å². The Hall–Kier alpha value is -1.84. The topological polar surface area (TPSA) is 59.2 Å². The van der Waals surface area contributed by atoms with Crippen molar-refractivity contribution in [1.82, 2.24) is 10.2 Å². The van der Waals surface area contributed by atoms with E-state index in [4.69, 9.17) is 4.42 Å². The fourth-order valence-corrected chi connectivity index (χ4v) is 1.49. The highest BCUT2D eigenvalue weighted by atomic mass is 16.4. The van der Waals surface area contributed by atoms with E-state index in [0.29, 0.717) is 23.3 Å². The Labute approximate surface area is 86.6 Å². The molecule has 0 atom stereocenters. The lowest BCUT2D eigenvalue weighted by Crippen LogP contribution is -1.78. The average Bonchev–Trinajstić information content (AvgIpc) is 2.99. The van der Waals surface area contributed by atoms with Crippen molar-refractivity contribution in [2.75, 3.05) is 0 Å². The number of nitrogens with zero attached hydrogens (tertiary/aromatic N) is 2. The van der Waals surface area contributed by atoms with E-state index in [0.717, 1.165) is 12.8 Å². The van der Waals surface area contributed by atoms with Crippen molar-refractivity contribution in [3.05, 3.63) is 30.2 Å². The maximum atomic E-state index is 9.60. The second-order valence-corrected chi connectivity index (χ2v) is 3.74. The molecule has 15 heavy (non-hydrogen) atoms. The monoisotopic (exact) mass is 202 g/mol. The molecule has 1 aromatic heterocycles. The highest BCUT2D eigenvalue weighted by Gasteiger charge is 2.29. The Morgan fingerprint density at radius 3 is 2.73 bits per heavy atom. The predicted octanol–water partition coefficient (Wildman–Crippen LogP) is 2.32. The van der Waals surface area contributed by atoms with E-state index in [-0.39, 0.29) is 5.75 Å². The molecule has 1 saturated carbocycles. The lowest BCUT2D eigenvalue weighted by atomic mass is 10.2. The minimum Gasteiger partial charge on any atom is -0.507 e. The van der Waals surface area contributed by atoms with Gasteiger partial charge in [0.05, 0.1) is 5.56 Å². The summed E-state index contributed by atoms with van der Waals surface area (Å²) in [6.45, 7) is 0. The maximum absolute atomic E-state index is 9.60. The van der Waals surface area contributed by atoms with Gasteiger partial charge in [-0.05, 0) is 25.0 Å². The number of phenols is 1. The molecular formula is C11H10N2O2. The number of phenolic OH excluding ortho intramolecular Hbond substituents is 1. The van der Waals surface area contributed by atoms with Crippen molar-refractivity contribution in [3.63, 3.8) is 0 Å². The van der Waals surface area contributed by atoms with Crippen LogP contribution < -0.4 is 0 Å². The molecule has 1 aliphatic rings. The lowest BCUT2D eigenvalue weighted by Gasteiger charge is -1.97. The average molecular weight is 202 g/mol. The largest absolute Gasteiger partial charge is 0.507 e. The van der Waals surface area contributed by atoms with Crippen LogP contribution in [0.4, 0.5) is 0 Å². The van der Waals surface area contributed by atoms with Gasteiger partial charge in [-0.25, -0.2) is 0 Å². The fraction of sp³-hybridized carbons (Fsp3) is 0.273. The zero-order valence-electron chi connectivity index (χ0n) is 8.05. The van der Waals surface area contributed by atoms with E-state index < -0.39 is 0 Å². The molecule has 1 aromatic carbocycles. The van der Waals surface area contributed by atoms with Gasteiger partial charge in [0.25, 0.3) is 5.89 Å². The van der Waals surface area contributed by atoms with E-state index in [2.05, 4.69) is 10.2 Å². The third kappa shape index (κ3) is 1.48. The standard InChI is InChI=1S/C11H10N2O2/c14-9-4-2-1-3-8(9)11-13-12-10(15-11)7-5-6-7/h1-4,7,14H,5-6H2. The number of hydrogen-bond donors (Lipinski definition) is 1. The first-order chi connectivity index (χ1) is 7.34. The second kappa shape index (κ2) is 3.08. The fourth-order valence-electron chi connectivity index (χ4n) is 1.49. The predicted molar refractivity (Wildman–Crippen MR) is 53.4 cm³/mol. The number of para-hydroxylation sites is 1. The summed E-state index contributed by atoms with van der Waals surface area (Å²) in [6, 6.07) is 6.96. The number of aromatic hydroxyl groups is 1. The molecule has 2 aromatic rings. The Bertz CT molecular complexity index is 489. The first-order valence-corrected chi connectivity index (χ1v) is 4.96. The van der Waals surface area contributed by atoms with E-state index in [1.807, 2.05) is 6.07 Å². The Morgan fingerprint density at radius 1 is 1.20 bits per heavy atom. The molecule has 4 nitrogen and oxygen atoms in total. The zero-order valence-corrected chi connectivity index (χ0v) is 8.05. The maximum Gasteiger partial charge on any atom is 0.251 e. The first-order valence-electron chi connectivity index (χ1n) is 4.96. The van der Waals surface area contributed by atoms with Crippen molar-refractivity contribution >= 4 is 0 Å². The van der Waals surface area contributed by atoms with Crippen LogP contribution in [0.2, 0.25) is 0 Å². The summed E-state index contributed by atoms with van der Waals surface area (Å²) in [5, 5.41) is 17.5.